The van der Waals surface area contributed by atoms with E-state index < -0.39 is 23.9 Å². The Bertz CT molecular complexity index is 937. The van der Waals surface area contributed by atoms with E-state index in [4.69, 9.17) is 10.7 Å². The quantitative estimate of drug-likeness (QED) is 0.0982. The molecule has 0 atom stereocenters. The smallest absolute Gasteiger partial charge is 0.293 e. The molecule has 0 radical (unpaired) electrons. The SMILES string of the molecule is Cc1cnc(NCC(F)(F)c2ccccc2)c(=O)n1CC(=O)NCCONC=NN.Cl.Cl.O.O. The number of nitrogens with zero attached hydrogens (tertiary/aromatic N) is 3. The third-order valence-electron chi connectivity index (χ3n) is 3.97. The number of halogens is 4. The number of hydrazone groups is 1. The molecule has 34 heavy (non-hydrogen) atoms. The molecule has 0 aliphatic rings. The highest BCUT2D eigenvalue weighted by Gasteiger charge is 2.31. The lowest BCUT2D eigenvalue weighted by Crippen LogP contribution is -2.37. The van der Waals surface area contributed by atoms with Gasteiger partial charge in [-0.15, -0.1) is 24.8 Å². The van der Waals surface area contributed by atoms with Crippen LogP contribution in [0, 0.1) is 6.92 Å². The lowest BCUT2D eigenvalue weighted by Gasteiger charge is -2.18. The van der Waals surface area contributed by atoms with E-state index >= 15 is 0 Å². The molecule has 0 saturated carbocycles. The standard InChI is InChI=1S/C18H23F2N7O3.2ClH.2H2O/c1-13-9-23-16(24-11-18(19,20)14-5-3-2-4-6-14)17(29)27(13)10-15(28)22-7-8-30-26-12-25-21;;;;/h2-6,9,12H,7-8,10-11,21H2,1H3,(H,22,28)(H,23,24)(H,25,26);2*1H;2*1H2. The van der Waals surface area contributed by atoms with E-state index in [0.29, 0.717) is 5.69 Å². The Balaban J connectivity index is -0.00000240. The van der Waals surface area contributed by atoms with E-state index in [1.807, 2.05) is 0 Å². The molecule has 0 aliphatic heterocycles. The van der Waals surface area contributed by atoms with Crippen LogP contribution < -0.4 is 27.5 Å². The molecule has 2 aromatic rings. The minimum absolute atomic E-state index is 0. The van der Waals surface area contributed by atoms with Crippen molar-refractivity contribution in [1.29, 1.82) is 0 Å². The summed E-state index contributed by atoms with van der Waals surface area (Å²) in [5, 5.41) is 8.10. The zero-order valence-electron chi connectivity index (χ0n) is 18.1. The van der Waals surface area contributed by atoms with Gasteiger partial charge in [-0.3, -0.25) is 24.5 Å². The zero-order valence-corrected chi connectivity index (χ0v) is 19.7. The van der Waals surface area contributed by atoms with Crippen molar-refractivity contribution in [2.45, 2.75) is 19.4 Å². The second-order valence-corrected chi connectivity index (χ2v) is 6.16. The first-order valence-corrected chi connectivity index (χ1v) is 8.94. The van der Waals surface area contributed by atoms with Crippen molar-refractivity contribution in [2.75, 3.05) is 25.0 Å². The molecule has 0 spiro atoms. The van der Waals surface area contributed by atoms with Crippen LogP contribution in [0.3, 0.4) is 0 Å². The van der Waals surface area contributed by atoms with Gasteiger partial charge in [0.25, 0.3) is 11.5 Å². The summed E-state index contributed by atoms with van der Waals surface area (Å²) in [7, 11) is 0. The third kappa shape index (κ3) is 10.7. The maximum atomic E-state index is 14.3. The summed E-state index contributed by atoms with van der Waals surface area (Å²) in [4.78, 5) is 33.4. The van der Waals surface area contributed by atoms with Crippen LogP contribution in [-0.4, -0.2) is 52.4 Å². The monoisotopic (exact) mass is 531 g/mol. The van der Waals surface area contributed by atoms with Gasteiger partial charge < -0.3 is 27.4 Å². The number of hydrogen-bond acceptors (Lipinski definition) is 7. The van der Waals surface area contributed by atoms with Gasteiger partial charge >= 0.3 is 0 Å². The first kappa shape index (κ1) is 35.5. The Morgan fingerprint density at radius 2 is 1.91 bits per heavy atom. The molecule has 194 valence electrons. The number of rotatable bonds is 11. The minimum atomic E-state index is -3.20. The zero-order chi connectivity index (χ0) is 22.0. The molecule has 1 heterocycles. The van der Waals surface area contributed by atoms with E-state index in [1.54, 1.807) is 13.0 Å². The van der Waals surface area contributed by atoms with Crippen molar-refractivity contribution in [3.05, 3.63) is 58.1 Å². The van der Waals surface area contributed by atoms with E-state index in [-0.39, 0.29) is 66.8 Å². The number of nitrogens with two attached hydrogens (primary N) is 1. The van der Waals surface area contributed by atoms with Crippen LogP contribution in [0.1, 0.15) is 11.3 Å². The highest BCUT2D eigenvalue weighted by atomic mass is 35.5. The fraction of sp³-hybridized carbons (Fsp3) is 0.333. The molecule has 16 heteroatoms. The molecular weight excluding hydrogens is 503 g/mol. The Morgan fingerprint density at radius 1 is 1.26 bits per heavy atom. The van der Waals surface area contributed by atoms with E-state index in [2.05, 4.69) is 26.2 Å². The van der Waals surface area contributed by atoms with Crippen molar-refractivity contribution in [3.63, 3.8) is 0 Å². The lowest BCUT2D eigenvalue weighted by molar-refractivity contribution is -0.122. The van der Waals surface area contributed by atoms with Crippen molar-refractivity contribution in [3.8, 4) is 0 Å². The third-order valence-corrected chi connectivity index (χ3v) is 3.97. The molecule has 1 amide bonds. The van der Waals surface area contributed by atoms with E-state index in [9.17, 15) is 18.4 Å². The molecule has 0 bridgehead atoms. The van der Waals surface area contributed by atoms with Gasteiger partial charge in [0.15, 0.2) is 5.82 Å². The molecule has 0 unspecified atom stereocenters. The minimum Gasteiger partial charge on any atom is -0.412 e. The lowest BCUT2D eigenvalue weighted by atomic mass is 10.1. The van der Waals surface area contributed by atoms with Crippen LogP contribution in [0.4, 0.5) is 14.6 Å². The van der Waals surface area contributed by atoms with Gasteiger partial charge in [0.1, 0.15) is 12.9 Å². The molecule has 0 saturated heterocycles. The van der Waals surface area contributed by atoms with Crippen LogP contribution >= 0.6 is 24.8 Å². The first-order chi connectivity index (χ1) is 14.3. The maximum absolute atomic E-state index is 14.3. The van der Waals surface area contributed by atoms with Gasteiger partial charge in [0.05, 0.1) is 13.2 Å². The normalized spacial score (nSPS) is 10.1. The van der Waals surface area contributed by atoms with E-state index in [0.717, 1.165) is 10.9 Å². The maximum Gasteiger partial charge on any atom is 0.293 e. The van der Waals surface area contributed by atoms with Crippen LogP contribution in [0.15, 0.2) is 46.4 Å². The van der Waals surface area contributed by atoms with Gasteiger partial charge in [-0.1, -0.05) is 30.3 Å². The van der Waals surface area contributed by atoms with Crippen molar-refractivity contribution < 1.29 is 29.4 Å². The Labute approximate surface area is 206 Å². The Morgan fingerprint density at radius 3 is 2.53 bits per heavy atom. The summed E-state index contributed by atoms with van der Waals surface area (Å²) in [6.07, 6.45) is 2.45. The highest BCUT2D eigenvalue weighted by molar-refractivity contribution is 5.85. The number of hydroxylamine groups is 1. The van der Waals surface area contributed by atoms with Crippen LogP contribution in [-0.2, 0) is 22.1 Å². The van der Waals surface area contributed by atoms with Crippen LogP contribution in [0.25, 0.3) is 0 Å². The second-order valence-electron chi connectivity index (χ2n) is 6.16. The number of aryl methyl sites for hydroxylation is 1. The van der Waals surface area contributed by atoms with Gasteiger partial charge in [0.2, 0.25) is 5.91 Å². The molecule has 12 nitrogen and oxygen atoms in total. The summed E-state index contributed by atoms with van der Waals surface area (Å²) < 4.78 is 29.8. The molecule has 0 fully saturated rings. The summed E-state index contributed by atoms with van der Waals surface area (Å²) in [6.45, 7) is 0.768. The molecule has 0 aliphatic carbocycles. The topological polar surface area (TPSA) is 199 Å². The molecule has 1 aromatic heterocycles. The number of nitrogens with one attached hydrogen (secondary N) is 3. The van der Waals surface area contributed by atoms with Crippen LogP contribution in [0.2, 0.25) is 0 Å². The highest BCUT2D eigenvalue weighted by Crippen LogP contribution is 2.27. The predicted octanol–water partition coefficient (Wildman–Crippen LogP) is -0.511. The molecular formula is C18H29Cl2F2N7O5. The summed E-state index contributed by atoms with van der Waals surface area (Å²) in [6, 6.07) is 7.25. The Kier molecular flexibility index (Phi) is 18.2. The molecule has 9 N–H and O–H groups in total. The molecule has 1 aromatic carbocycles. The summed E-state index contributed by atoms with van der Waals surface area (Å²) in [5.74, 6) is 0.941. The summed E-state index contributed by atoms with van der Waals surface area (Å²) in [5.41, 5.74) is 1.87. The average molecular weight is 532 g/mol. The van der Waals surface area contributed by atoms with Crippen molar-refractivity contribution in [2.24, 2.45) is 10.9 Å². The van der Waals surface area contributed by atoms with Gasteiger partial charge in [-0.25, -0.2) is 4.98 Å². The van der Waals surface area contributed by atoms with Gasteiger partial charge in [0, 0.05) is 24.0 Å². The number of benzene rings is 1. The predicted molar refractivity (Wildman–Crippen MR) is 129 cm³/mol. The van der Waals surface area contributed by atoms with Gasteiger partial charge in [-0.2, -0.15) is 13.9 Å². The summed E-state index contributed by atoms with van der Waals surface area (Å²) >= 11 is 0. The average Bonchev–Trinajstić information content (AvgIpc) is 2.73. The number of aromatic nitrogens is 2. The fourth-order valence-electron chi connectivity index (χ4n) is 2.44. The number of amides is 1. The number of anilines is 1. The number of alkyl halides is 2. The van der Waals surface area contributed by atoms with Crippen LogP contribution in [0.5, 0.6) is 0 Å². The van der Waals surface area contributed by atoms with Crippen molar-refractivity contribution >= 4 is 42.9 Å². The Hall–Kier alpha value is -3.04. The number of carbonyl (C=O) groups is 1. The van der Waals surface area contributed by atoms with E-state index in [1.165, 1.54) is 30.5 Å². The number of carbonyl (C=O) groups excluding carboxylic acids is 1. The fourth-order valence-corrected chi connectivity index (χ4v) is 2.44. The van der Waals surface area contributed by atoms with Crippen molar-refractivity contribution in [1.82, 2.24) is 20.3 Å². The van der Waals surface area contributed by atoms with Gasteiger partial charge in [-0.05, 0) is 6.92 Å². The number of hydrogen-bond donors (Lipinski definition) is 4. The molecule has 2 rings (SSSR count). The second kappa shape index (κ2) is 17.4. The largest absolute Gasteiger partial charge is 0.412 e. The first-order valence-electron chi connectivity index (χ1n) is 8.94.